The summed E-state index contributed by atoms with van der Waals surface area (Å²) < 4.78 is 40.4. The third kappa shape index (κ3) is 3.13. The predicted octanol–water partition coefficient (Wildman–Crippen LogP) is 1.65. The molecule has 0 radical (unpaired) electrons. The standard InChI is InChI=1S/C13H18FNO3S/c1-2-12(9-7-10(16)8-9)15-19(17,18)13-6-4-3-5-11(13)14/h3-6,9-10,12,15-16H,2,7-8H2,1H3/t9?,10?,12-/m1/s1. The number of benzene rings is 1. The zero-order valence-corrected chi connectivity index (χ0v) is 11.5. The van der Waals surface area contributed by atoms with Crippen molar-refractivity contribution in [2.75, 3.05) is 0 Å². The number of halogens is 1. The predicted molar refractivity (Wildman–Crippen MR) is 69.5 cm³/mol. The summed E-state index contributed by atoms with van der Waals surface area (Å²) in [7, 11) is -3.85. The van der Waals surface area contributed by atoms with E-state index < -0.39 is 15.8 Å². The molecule has 1 saturated carbocycles. The van der Waals surface area contributed by atoms with Crippen molar-refractivity contribution in [3.8, 4) is 0 Å². The summed E-state index contributed by atoms with van der Waals surface area (Å²) in [4.78, 5) is -0.326. The SMILES string of the molecule is CC[C@@H](NS(=O)(=O)c1ccccc1F)C1CC(O)C1. The van der Waals surface area contributed by atoms with Crippen LogP contribution in [0.4, 0.5) is 4.39 Å². The van der Waals surface area contributed by atoms with E-state index in [1.807, 2.05) is 6.92 Å². The van der Waals surface area contributed by atoms with E-state index >= 15 is 0 Å². The van der Waals surface area contributed by atoms with Crippen LogP contribution in [0, 0.1) is 11.7 Å². The van der Waals surface area contributed by atoms with Crippen LogP contribution < -0.4 is 4.72 Å². The molecule has 0 aliphatic heterocycles. The molecule has 4 nitrogen and oxygen atoms in total. The average Bonchev–Trinajstić information content (AvgIpc) is 2.33. The molecule has 1 aliphatic rings. The summed E-state index contributed by atoms with van der Waals surface area (Å²) in [5.74, 6) is -0.625. The molecule has 0 bridgehead atoms. The Balaban J connectivity index is 2.14. The molecule has 2 rings (SSSR count). The lowest BCUT2D eigenvalue weighted by atomic mass is 9.77. The number of hydrogen-bond acceptors (Lipinski definition) is 3. The van der Waals surface area contributed by atoms with E-state index in [9.17, 15) is 17.9 Å². The van der Waals surface area contributed by atoms with Crippen LogP contribution in [0.15, 0.2) is 29.2 Å². The van der Waals surface area contributed by atoms with Gasteiger partial charge in [0, 0.05) is 6.04 Å². The van der Waals surface area contributed by atoms with Crippen molar-refractivity contribution >= 4 is 10.0 Å². The summed E-state index contributed by atoms with van der Waals surface area (Å²) in [5.41, 5.74) is 0. The number of nitrogens with one attached hydrogen (secondary N) is 1. The maximum Gasteiger partial charge on any atom is 0.243 e. The van der Waals surface area contributed by atoms with Crippen LogP contribution in [0.2, 0.25) is 0 Å². The van der Waals surface area contributed by atoms with Crippen molar-refractivity contribution in [3.05, 3.63) is 30.1 Å². The summed E-state index contributed by atoms with van der Waals surface area (Å²) in [6.45, 7) is 1.87. The first-order valence-corrected chi connectivity index (χ1v) is 7.87. The van der Waals surface area contributed by atoms with Gasteiger partial charge in [0.1, 0.15) is 10.7 Å². The molecule has 2 N–H and O–H groups in total. The van der Waals surface area contributed by atoms with Gasteiger partial charge in [-0.1, -0.05) is 19.1 Å². The van der Waals surface area contributed by atoms with E-state index in [0.717, 1.165) is 6.07 Å². The van der Waals surface area contributed by atoms with E-state index in [2.05, 4.69) is 4.72 Å². The molecule has 0 saturated heterocycles. The molecular formula is C13H18FNO3S. The molecule has 106 valence electrons. The molecular weight excluding hydrogens is 269 g/mol. The third-order valence-corrected chi connectivity index (χ3v) is 5.11. The first kappa shape index (κ1) is 14.4. The average molecular weight is 287 g/mol. The second-order valence-electron chi connectivity index (χ2n) is 4.95. The topological polar surface area (TPSA) is 66.4 Å². The van der Waals surface area contributed by atoms with Crippen molar-refractivity contribution in [1.82, 2.24) is 4.72 Å². The lowest BCUT2D eigenvalue weighted by Gasteiger charge is -2.37. The highest BCUT2D eigenvalue weighted by atomic mass is 32.2. The van der Waals surface area contributed by atoms with Gasteiger partial charge in [-0.15, -0.1) is 0 Å². The maximum absolute atomic E-state index is 13.5. The second-order valence-corrected chi connectivity index (χ2v) is 6.63. The van der Waals surface area contributed by atoms with Gasteiger partial charge < -0.3 is 5.11 Å². The summed E-state index contributed by atoms with van der Waals surface area (Å²) in [5, 5.41) is 9.28. The molecule has 6 heteroatoms. The fraction of sp³-hybridized carbons (Fsp3) is 0.538. The Morgan fingerprint density at radius 1 is 1.42 bits per heavy atom. The van der Waals surface area contributed by atoms with Gasteiger partial charge in [0.2, 0.25) is 10.0 Å². The quantitative estimate of drug-likeness (QED) is 0.865. The van der Waals surface area contributed by atoms with Crippen molar-refractivity contribution in [1.29, 1.82) is 0 Å². The van der Waals surface area contributed by atoms with Crippen molar-refractivity contribution in [2.24, 2.45) is 5.92 Å². The highest BCUT2D eigenvalue weighted by molar-refractivity contribution is 7.89. The van der Waals surface area contributed by atoms with Gasteiger partial charge in [-0.05, 0) is 37.3 Å². The number of sulfonamides is 1. The van der Waals surface area contributed by atoms with Gasteiger partial charge in [0.25, 0.3) is 0 Å². The molecule has 0 spiro atoms. The van der Waals surface area contributed by atoms with Crippen LogP contribution in [0.25, 0.3) is 0 Å². The molecule has 1 aromatic rings. The Bertz CT molecular complexity index is 541. The van der Waals surface area contributed by atoms with Gasteiger partial charge >= 0.3 is 0 Å². The minimum absolute atomic E-state index is 0.126. The van der Waals surface area contributed by atoms with Crippen LogP contribution >= 0.6 is 0 Å². The summed E-state index contributed by atoms with van der Waals surface area (Å²) >= 11 is 0. The smallest absolute Gasteiger partial charge is 0.243 e. The first-order valence-electron chi connectivity index (χ1n) is 6.39. The Labute approximate surface area is 112 Å². The van der Waals surface area contributed by atoms with Crippen molar-refractivity contribution < 1.29 is 17.9 Å². The molecule has 1 aromatic carbocycles. The van der Waals surface area contributed by atoms with Gasteiger partial charge in [-0.25, -0.2) is 17.5 Å². The molecule has 0 amide bonds. The van der Waals surface area contributed by atoms with Gasteiger partial charge in [-0.3, -0.25) is 0 Å². The molecule has 1 atom stereocenters. The Hall–Kier alpha value is -0.980. The zero-order chi connectivity index (χ0) is 14.0. The summed E-state index contributed by atoms with van der Waals surface area (Å²) in [6, 6.07) is 5.07. The minimum atomic E-state index is -3.85. The first-order chi connectivity index (χ1) is 8.94. The van der Waals surface area contributed by atoms with Crippen LogP contribution in [0.3, 0.4) is 0 Å². The maximum atomic E-state index is 13.5. The normalized spacial score (nSPS) is 24.8. The van der Waals surface area contributed by atoms with E-state index in [0.29, 0.717) is 19.3 Å². The van der Waals surface area contributed by atoms with Gasteiger partial charge in [-0.2, -0.15) is 0 Å². The molecule has 0 heterocycles. The fourth-order valence-electron chi connectivity index (χ4n) is 2.40. The Morgan fingerprint density at radius 2 is 2.05 bits per heavy atom. The van der Waals surface area contributed by atoms with E-state index in [1.54, 1.807) is 0 Å². The second kappa shape index (κ2) is 5.56. The molecule has 1 fully saturated rings. The van der Waals surface area contributed by atoms with Crippen LogP contribution in [0.1, 0.15) is 26.2 Å². The molecule has 0 unspecified atom stereocenters. The third-order valence-electron chi connectivity index (χ3n) is 3.59. The minimum Gasteiger partial charge on any atom is -0.393 e. The van der Waals surface area contributed by atoms with Crippen molar-refractivity contribution in [3.63, 3.8) is 0 Å². The lowest BCUT2D eigenvalue weighted by Crippen LogP contribution is -2.46. The van der Waals surface area contributed by atoms with Crippen molar-refractivity contribution in [2.45, 2.75) is 43.2 Å². The molecule has 0 aromatic heterocycles. The number of aliphatic hydroxyl groups excluding tert-OH is 1. The highest BCUT2D eigenvalue weighted by Gasteiger charge is 2.35. The van der Waals surface area contributed by atoms with Crippen LogP contribution in [0.5, 0.6) is 0 Å². The fourth-order valence-corrected chi connectivity index (χ4v) is 3.86. The zero-order valence-electron chi connectivity index (χ0n) is 10.7. The van der Waals surface area contributed by atoms with E-state index in [1.165, 1.54) is 18.2 Å². The summed E-state index contributed by atoms with van der Waals surface area (Å²) in [6.07, 6.45) is 1.47. The number of rotatable bonds is 5. The van der Waals surface area contributed by atoms with Crippen LogP contribution in [-0.4, -0.2) is 25.7 Å². The van der Waals surface area contributed by atoms with Gasteiger partial charge in [0.05, 0.1) is 6.10 Å². The van der Waals surface area contributed by atoms with E-state index in [-0.39, 0.29) is 23.0 Å². The van der Waals surface area contributed by atoms with Crippen LogP contribution in [-0.2, 0) is 10.0 Å². The Morgan fingerprint density at radius 3 is 2.58 bits per heavy atom. The van der Waals surface area contributed by atoms with Gasteiger partial charge in [0.15, 0.2) is 0 Å². The largest absolute Gasteiger partial charge is 0.393 e. The molecule has 1 aliphatic carbocycles. The Kier molecular flexibility index (Phi) is 4.23. The van der Waals surface area contributed by atoms with E-state index in [4.69, 9.17) is 0 Å². The highest BCUT2D eigenvalue weighted by Crippen LogP contribution is 2.32. The number of aliphatic hydroxyl groups is 1. The number of hydrogen-bond donors (Lipinski definition) is 2. The lowest BCUT2D eigenvalue weighted by molar-refractivity contribution is 0.0277. The monoisotopic (exact) mass is 287 g/mol. The molecule has 19 heavy (non-hydrogen) atoms.